The molecule has 0 radical (unpaired) electrons. The molecule has 19 heavy (non-hydrogen) atoms. The Morgan fingerprint density at radius 2 is 1.26 bits per heavy atom. The molecule has 3 heteroatoms. The van der Waals surface area contributed by atoms with E-state index in [1.807, 2.05) is 17.8 Å². The lowest BCUT2D eigenvalue weighted by Gasteiger charge is -2.15. The number of benzene rings is 2. The predicted molar refractivity (Wildman–Crippen MR) is 89.6 cm³/mol. The van der Waals surface area contributed by atoms with Crippen LogP contribution < -0.4 is 0 Å². The molecule has 1 heterocycles. The lowest BCUT2D eigenvalue weighted by atomic mass is 10.0. The SMILES string of the molecule is ClC1=C(c2ccc(-c3ccccc3)cc2)SCCS1. The molecule has 0 N–H and O–H groups in total. The molecule has 0 aliphatic carbocycles. The standard InChI is InChI=1S/C16H13ClS2/c17-16-15(18-10-11-19-16)14-8-6-13(7-9-14)12-4-2-1-3-5-12/h1-9H,10-11H2. The highest BCUT2D eigenvalue weighted by Gasteiger charge is 2.14. The van der Waals surface area contributed by atoms with Gasteiger partial charge in [0, 0.05) is 16.4 Å². The molecule has 0 nitrogen and oxygen atoms in total. The second-order valence-corrected chi connectivity index (χ2v) is 7.06. The third kappa shape index (κ3) is 3.02. The lowest BCUT2D eigenvalue weighted by Crippen LogP contribution is -1.94. The van der Waals surface area contributed by atoms with Gasteiger partial charge < -0.3 is 0 Å². The maximum Gasteiger partial charge on any atom is 0.0877 e. The second-order valence-electron chi connectivity index (χ2n) is 4.24. The number of rotatable bonds is 2. The van der Waals surface area contributed by atoms with E-state index in [1.165, 1.54) is 21.6 Å². The smallest absolute Gasteiger partial charge is 0.0877 e. The minimum atomic E-state index is 0.934. The van der Waals surface area contributed by atoms with Gasteiger partial charge in [0.05, 0.1) is 4.36 Å². The molecule has 2 aromatic carbocycles. The average molecular weight is 305 g/mol. The van der Waals surface area contributed by atoms with Gasteiger partial charge in [-0.25, -0.2) is 0 Å². The molecule has 2 aromatic rings. The molecule has 96 valence electrons. The van der Waals surface area contributed by atoms with Crippen molar-refractivity contribution in [2.24, 2.45) is 0 Å². The summed E-state index contributed by atoms with van der Waals surface area (Å²) < 4.78 is 0.934. The van der Waals surface area contributed by atoms with E-state index < -0.39 is 0 Å². The van der Waals surface area contributed by atoms with Crippen molar-refractivity contribution in [3.05, 3.63) is 64.5 Å². The molecular formula is C16H13ClS2. The number of hydrogen-bond acceptors (Lipinski definition) is 2. The molecule has 0 saturated carbocycles. The van der Waals surface area contributed by atoms with Crippen LogP contribution in [0.25, 0.3) is 16.0 Å². The number of thioether (sulfide) groups is 2. The van der Waals surface area contributed by atoms with Gasteiger partial charge in [-0.15, -0.1) is 23.5 Å². The average Bonchev–Trinajstić information content (AvgIpc) is 2.49. The zero-order valence-electron chi connectivity index (χ0n) is 10.3. The topological polar surface area (TPSA) is 0 Å². The normalized spacial score (nSPS) is 15.6. The quantitative estimate of drug-likeness (QED) is 0.698. The van der Waals surface area contributed by atoms with E-state index in [2.05, 4.69) is 48.5 Å². The summed E-state index contributed by atoms with van der Waals surface area (Å²) in [4.78, 5) is 1.22. The summed E-state index contributed by atoms with van der Waals surface area (Å²) in [6.45, 7) is 0. The van der Waals surface area contributed by atoms with Crippen molar-refractivity contribution in [1.82, 2.24) is 0 Å². The van der Waals surface area contributed by atoms with Crippen LogP contribution in [0.3, 0.4) is 0 Å². The Hall–Kier alpha value is -0.830. The van der Waals surface area contributed by atoms with E-state index >= 15 is 0 Å². The van der Waals surface area contributed by atoms with Crippen LogP contribution in [0.4, 0.5) is 0 Å². The van der Waals surface area contributed by atoms with Gasteiger partial charge >= 0.3 is 0 Å². The zero-order valence-corrected chi connectivity index (χ0v) is 12.7. The highest BCUT2D eigenvalue weighted by atomic mass is 35.5. The second kappa shape index (κ2) is 6.08. The van der Waals surface area contributed by atoms with Crippen molar-refractivity contribution >= 4 is 40.0 Å². The van der Waals surface area contributed by atoms with Crippen LogP contribution >= 0.6 is 35.1 Å². The minimum Gasteiger partial charge on any atom is -0.123 e. The maximum absolute atomic E-state index is 6.30. The van der Waals surface area contributed by atoms with E-state index in [0.717, 1.165) is 15.9 Å². The largest absolute Gasteiger partial charge is 0.123 e. The Morgan fingerprint density at radius 1 is 0.684 bits per heavy atom. The van der Waals surface area contributed by atoms with Gasteiger partial charge in [-0.05, 0) is 16.7 Å². The predicted octanol–water partition coefficient (Wildman–Crippen LogP) is 5.70. The van der Waals surface area contributed by atoms with Crippen LogP contribution in [0.1, 0.15) is 5.56 Å². The minimum absolute atomic E-state index is 0.934. The van der Waals surface area contributed by atoms with Gasteiger partial charge in [0.15, 0.2) is 0 Å². The van der Waals surface area contributed by atoms with Crippen LogP contribution in [0.5, 0.6) is 0 Å². The van der Waals surface area contributed by atoms with Crippen LogP contribution in [0.15, 0.2) is 59.0 Å². The van der Waals surface area contributed by atoms with Gasteiger partial charge in [-0.2, -0.15) is 0 Å². The number of halogens is 1. The molecule has 0 unspecified atom stereocenters. The van der Waals surface area contributed by atoms with E-state index in [-0.39, 0.29) is 0 Å². The lowest BCUT2D eigenvalue weighted by molar-refractivity contribution is 1.55. The van der Waals surface area contributed by atoms with Crippen molar-refractivity contribution in [2.75, 3.05) is 11.5 Å². The highest BCUT2D eigenvalue weighted by Crippen LogP contribution is 2.42. The van der Waals surface area contributed by atoms with E-state index in [0.29, 0.717) is 0 Å². The van der Waals surface area contributed by atoms with E-state index in [4.69, 9.17) is 11.6 Å². The van der Waals surface area contributed by atoms with Crippen LogP contribution in [0, 0.1) is 0 Å². The third-order valence-electron chi connectivity index (χ3n) is 2.99. The summed E-state index contributed by atoms with van der Waals surface area (Å²) in [5, 5.41) is 0. The van der Waals surface area contributed by atoms with Gasteiger partial charge in [-0.1, -0.05) is 66.2 Å². The van der Waals surface area contributed by atoms with Gasteiger partial charge in [0.1, 0.15) is 0 Å². The molecule has 1 aliphatic heterocycles. The summed E-state index contributed by atoms with van der Waals surface area (Å²) in [6, 6.07) is 19.1. The molecule has 0 saturated heterocycles. The Balaban J connectivity index is 1.91. The van der Waals surface area contributed by atoms with Crippen molar-refractivity contribution in [1.29, 1.82) is 0 Å². The first-order valence-electron chi connectivity index (χ1n) is 6.16. The molecule has 0 amide bonds. The molecular weight excluding hydrogens is 292 g/mol. The zero-order chi connectivity index (χ0) is 13.1. The molecule has 0 atom stereocenters. The Labute approximate surface area is 127 Å². The molecule has 0 bridgehead atoms. The molecule has 1 aliphatic rings. The van der Waals surface area contributed by atoms with Gasteiger partial charge in [0.2, 0.25) is 0 Å². The summed E-state index contributed by atoms with van der Waals surface area (Å²) in [5.41, 5.74) is 3.72. The van der Waals surface area contributed by atoms with Crippen LogP contribution in [0.2, 0.25) is 0 Å². The van der Waals surface area contributed by atoms with Crippen LogP contribution in [-0.2, 0) is 0 Å². The van der Waals surface area contributed by atoms with Crippen molar-refractivity contribution < 1.29 is 0 Å². The summed E-state index contributed by atoms with van der Waals surface area (Å²) in [6.07, 6.45) is 0. The monoisotopic (exact) mass is 304 g/mol. The Kier molecular flexibility index (Phi) is 4.21. The maximum atomic E-state index is 6.30. The third-order valence-corrected chi connectivity index (χ3v) is 6.01. The van der Waals surface area contributed by atoms with Crippen molar-refractivity contribution in [3.63, 3.8) is 0 Å². The van der Waals surface area contributed by atoms with Gasteiger partial charge in [0.25, 0.3) is 0 Å². The molecule has 0 aromatic heterocycles. The molecule has 3 rings (SSSR count). The van der Waals surface area contributed by atoms with Gasteiger partial charge in [-0.3, -0.25) is 0 Å². The van der Waals surface area contributed by atoms with E-state index in [9.17, 15) is 0 Å². The first-order chi connectivity index (χ1) is 9.34. The fraction of sp³-hybridized carbons (Fsp3) is 0.125. The molecule has 0 spiro atoms. The Morgan fingerprint density at radius 3 is 1.95 bits per heavy atom. The summed E-state index contributed by atoms with van der Waals surface area (Å²) in [7, 11) is 0. The Bertz CT molecular complexity index is 588. The fourth-order valence-electron chi connectivity index (χ4n) is 2.04. The fourth-order valence-corrected chi connectivity index (χ4v) is 4.61. The highest BCUT2D eigenvalue weighted by molar-refractivity contribution is 8.14. The summed E-state index contributed by atoms with van der Waals surface area (Å²) in [5.74, 6) is 2.24. The summed E-state index contributed by atoms with van der Waals surface area (Å²) >= 11 is 9.89. The van der Waals surface area contributed by atoms with Crippen molar-refractivity contribution in [3.8, 4) is 11.1 Å². The number of hydrogen-bond donors (Lipinski definition) is 0. The van der Waals surface area contributed by atoms with Crippen molar-refractivity contribution in [2.45, 2.75) is 0 Å². The van der Waals surface area contributed by atoms with Crippen LogP contribution in [-0.4, -0.2) is 11.5 Å². The van der Waals surface area contributed by atoms with E-state index in [1.54, 1.807) is 11.8 Å². The first kappa shape index (κ1) is 13.2. The first-order valence-corrected chi connectivity index (χ1v) is 8.51. The molecule has 0 fully saturated rings.